The predicted molar refractivity (Wildman–Crippen MR) is 170 cm³/mol. The van der Waals surface area contributed by atoms with Gasteiger partial charge in [-0.1, -0.05) is 66.8 Å². The molecule has 43 heavy (non-hydrogen) atoms. The number of ether oxygens (including phenoxy) is 1. The lowest BCUT2D eigenvalue weighted by Crippen LogP contribution is -2.53. The number of anilines is 1. The molecule has 0 saturated heterocycles. The van der Waals surface area contributed by atoms with Crippen LogP contribution in [0.25, 0.3) is 0 Å². The largest absolute Gasteiger partial charge is 0.494 e. The van der Waals surface area contributed by atoms with Crippen LogP contribution in [0, 0.1) is 6.92 Å². The van der Waals surface area contributed by atoms with Crippen molar-refractivity contribution >= 4 is 39.1 Å². The predicted octanol–water partition coefficient (Wildman–Crippen LogP) is 6.11. The number of carbonyl (C=O) groups excluding carboxylic acids is 2. The Balaban J connectivity index is 1.68. The minimum atomic E-state index is -4.16. The van der Waals surface area contributed by atoms with E-state index in [0.29, 0.717) is 28.6 Å². The number of hydrogen-bond donors (Lipinski definition) is 1. The maximum Gasteiger partial charge on any atom is 0.264 e. The fourth-order valence-electron chi connectivity index (χ4n) is 5.20. The molecule has 10 heteroatoms. The van der Waals surface area contributed by atoms with E-state index in [-0.39, 0.29) is 23.4 Å². The number of sulfonamides is 1. The number of nitrogens with one attached hydrogen (secondary N) is 1. The second kappa shape index (κ2) is 14.8. The molecule has 3 aromatic rings. The molecular formula is C33H40ClN3O5S. The molecule has 0 heterocycles. The summed E-state index contributed by atoms with van der Waals surface area (Å²) in [5.74, 6) is -0.226. The Hall–Kier alpha value is -3.56. The molecule has 0 bridgehead atoms. The summed E-state index contributed by atoms with van der Waals surface area (Å²) in [6, 6.07) is 19.4. The van der Waals surface area contributed by atoms with Crippen LogP contribution < -0.4 is 14.4 Å². The molecule has 2 amide bonds. The van der Waals surface area contributed by atoms with Crippen LogP contribution in [0.3, 0.4) is 0 Å². The van der Waals surface area contributed by atoms with Crippen molar-refractivity contribution in [3.05, 3.63) is 88.9 Å². The lowest BCUT2D eigenvalue weighted by Gasteiger charge is -2.33. The Morgan fingerprint density at radius 1 is 0.977 bits per heavy atom. The third kappa shape index (κ3) is 8.30. The van der Waals surface area contributed by atoms with Crippen LogP contribution in [0.2, 0.25) is 5.02 Å². The van der Waals surface area contributed by atoms with Gasteiger partial charge in [0, 0.05) is 17.6 Å². The number of carbonyl (C=O) groups is 2. The summed E-state index contributed by atoms with van der Waals surface area (Å²) in [6.45, 7) is 5.38. The molecule has 4 rings (SSSR count). The molecule has 3 aromatic carbocycles. The number of aryl methyl sites for hydroxylation is 1. The first-order valence-corrected chi connectivity index (χ1v) is 16.6. The monoisotopic (exact) mass is 625 g/mol. The van der Waals surface area contributed by atoms with Gasteiger partial charge in [0.1, 0.15) is 18.3 Å². The number of hydrogen-bond acceptors (Lipinski definition) is 5. The fourth-order valence-corrected chi connectivity index (χ4v) is 6.81. The lowest BCUT2D eigenvalue weighted by molar-refractivity contribution is -0.139. The zero-order chi connectivity index (χ0) is 31.0. The minimum absolute atomic E-state index is 0.0411. The number of amides is 2. The van der Waals surface area contributed by atoms with Crippen molar-refractivity contribution in [2.75, 3.05) is 17.5 Å². The molecule has 0 spiro atoms. The Bertz CT molecular complexity index is 1490. The third-order valence-electron chi connectivity index (χ3n) is 7.74. The van der Waals surface area contributed by atoms with E-state index in [1.165, 1.54) is 17.0 Å². The summed E-state index contributed by atoms with van der Waals surface area (Å²) in [6.07, 6.45) is 5.05. The second-order valence-corrected chi connectivity index (χ2v) is 13.2. The van der Waals surface area contributed by atoms with Gasteiger partial charge in [0.25, 0.3) is 10.0 Å². The third-order valence-corrected chi connectivity index (χ3v) is 9.90. The first-order valence-electron chi connectivity index (χ1n) is 14.8. The summed E-state index contributed by atoms with van der Waals surface area (Å²) in [7, 11) is -4.16. The highest BCUT2D eigenvalue weighted by molar-refractivity contribution is 7.92. The van der Waals surface area contributed by atoms with Crippen molar-refractivity contribution in [2.24, 2.45) is 0 Å². The zero-order valence-corrected chi connectivity index (χ0v) is 26.5. The lowest BCUT2D eigenvalue weighted by atomic mass is 9.95. The Labute approximate surface area is 260 Å². The van der Waals surface area contributed by atoms with Gasteiger partial charge in [0.2, 0.25) is 11.8 Å². The minimum Gasteiger partial charge on any atom is -0.494 e. The number of benzene rings is 3. The molecule has 0 aliphatic heterocycles. The van der Waals surface area contributed by atoms with Crippen LogP contribution in [0.5, 0.6) is 5.75 Å². The smallest absolute Gasteiger partial charge is 0.264 e. The van der Waals surface area contributed by atoms with Gasteiger partial charge in [0.05, 0.1) is 17.2 Å². The summed E-state index contributed by atoms with van der Waals surface area (Å²) in [5, 5.41) is 3.56. The van der Waals surface area contributed by atoms with Crippen molar-refractivity contribution < 1.29 is 22.7 Å². The van der Waals surface area contributed by atoms with Crippen molar-refractivity contribution in [2.45, 2.75) is 76.4 Å². The molecule has 0 aromatic heterocycles. The normalized spacial score (nSPS) is 14.5. The highest BCUT2D eigenvalue weighted by atomic mass is 35.5. The van der Waals surface area contributed by atoms with Gasteiger partial charge in [-0.05, 0) is 81.6 Å². The molecular weight excluding hydrogens is 586 g/mol. The molecule has 1 N–H and O–H groups in total. The summed E-state index contributed by atoms with van der Waals surface area (Å²) >= 11 is 6.46. The highest BCUT2D eigenvalue weighted by Gasteiger charge is 2.33. The van der Waals surface area contributed by atoms with E-state index in [2.05, 4.69) is 5.32 Å². The maximum absolute atomic E-state index is 14.2. The average Bonchev–Trinajstić information content (AvgIpc) is 3.00. The van der Waals surface area contributed by atoms with Gasteiger partial charge < -0.3 is 15.0 Å². The maximum atomic E-state index is 14.2. The van der Waals surface area contributed by atoms with E-state index < -0.39 is 28.5 Å². The summed E-state index contributed by atoms with van der Waals surface area (Å²) < 4.78 is 34.7. The quantitative estimate of drug-likeness (QED) is 0.262. The van der Waals surface area contributed by atoms with Crippen molar-refractivity contribution in [3.63, 3.8) is 0 Å². The molecule has 1 fully saturated rings. The van der Waals surface area contributed by atoms with Crippen LogP contribution in [0.1, 0.15) is 57.1 Å². The van der Waals surface area contributed by atoms with E-state index >= 15 is 0 Å². The topological polar surface area (TPSA) is 96.0 Å². The van der Waals surface area contributed by atoms with E-state index in [4.69, 9.17) is 16.3 Å². The second-order valence-electron chi connectivity index (χ2n) is 10.9. The van der Waals surface area contributed by atoms with E-state index in [1.54, 1.807) is 61.5 Å². The molecule has 0 radical (unpaired) electrons. The fraction of sp³-hybridized carbons (Fsp3) is 0.394. The van der Waals surface area contributed by atoms with Gasteiger partial charge in [-0.15, -0.1) is 0 Å². The van der Waals surface area contributed by atoms with Gasteiger partial charge in [-0.3, -0.25) is 13.9 Å². The van der Waals surface area contributed by atoms with Gasteiger partial charge in [-0.2, -0.15) is 0 Å². The first kappa shape index (κ1) is 32.4. The standard InChI is InChI=1S/C33H40ClN3O5S/c1-4-42-29-18-16-28(17-19-29)37(43(40,41)30-20-14-24(2)15-21-30)23-32(38)36(22-26-10-8-9-13-31(26)34)25(3)33(39)35-27-11-6-5-7-12-27/h8-10,13-21,25,27H,4-7,11-12,22-23H2,1-3H3,(H,35,39). The SMILES string of the molecule is CCOc1ccc(N(CC(=O)N(Cc2ccccc2Cl)C(C)C(=O)NC2CCCCC2)S(=O)(=O)c2ccc(C)cc2)cc1. The van der Waals surface area contributed by atoms with E-state index in [0.717, 1.165) is 42.0 Å². The van der Waals surface area contributed by atoms with Gasteiger partial charge >= 0.3 is 0 Å². The first-order chi connectivity index (χ1) is 20.6. The van der Waals surface area contributed by atoms with Crippen molar-refractivity contribution in [1.82, 2.24) is 10.2 Å². The van der Waals surface area contributed by atoms with E-state index in [1.807, 2.05) is 19.9 Å². The molecule has 1 atom stereocenters. The van der Waals surface area contributed by atoms with Crippen molar-refractivity contribution in [1.29, 1.82) is 0 Å². The van der Waals surface area contributed by atoms with Crippen LogP contribution in [0.15, 0.2) is 77.7 Å². The molecule has 8 nitrogen and oxygen atoms in total. The Kier molecular flexibility index (Phi) is 11.1. The zero-order valence-electron chi connectivity index (χ0n) is 25.0. The number of rotatable bonds is 12. The average molecular weight is 626 g/mol. The molecule has 1 aliphatic carbocycles. The molecule has 230 valence electrons. The van der Waals surface area contributed by atoms with Crippen LogP contribution in [0.4, 0.5) is 5.69 Å². The summed E-state index contributed by atoms with van der Waals surface area (Å²) in [5.41, 5.74) is 1.87. The summed E-state index contributed by atoms with van der Waals surface area (Å²) in [4.78, 5) is 29.1. The van der Waals surface area contributed by atoms with Crippen LogP contribution in [-0.4, -0.2) is 50.4 Å². The molecule has 1 saturated carbocycles. The van der Waals surface area contributed by atoms with Crippen molar-refractivity contribution in [3.8, 4) is 5.75 Å². The number of halogens is 1. The van der Waals surface area contributed by atoms with Gasteiger partial charge in [0.15, 0.2) is 0 Å². The Morgan fingerprint density at radius 2 is 1.63 bits per heavy atom. The van der Waals surface area contributed by atoms with Crippen LogP contribution >= 0.6 is 11.6 Å². The van der Waals surface area contributed by atoms with Gasteiger partial charge in [-0.25, -0.2) is 8.42 Å². The van der Waals surface area contributed by atoms with Crippen LogP contribution in [-0.2, 0) is 26.2 Å². The molecule has 1 unspecified atom stereocenters. The highest BCUT2D eigenvalue weighted by Crippen LogP contribution is 2.27. The number of nitrogens with zero attached hydrogens (tertiary/aromatic N) is 2. The molecule has 1 aliphatic rings. The van der Waals surface area contributed by atoms with E-state index in [9.17, 15) is 18.0 Å². The Morgan fingerprint density at radius 3 is 2.26 bits per heavy atom.